The van der Waals surface area contributed by atoms with E-state index < -0.39 is 25.9 Å². The van der Waals surface area contributed by atoms with Gasteiger partial charge in [0.1, 0.15) is 0 Å². The van der Waals surface area contributed by atoms with Gasteiger partial charge in [0.15, 0.2) is 9.84 Å². The lowest BCUT2D eigenvalue weighted by Gasteiger charge is -2.19. The predicted octanol–water partition coefficient (Wildman–Crippen LogP) is 3.09. The second-order valence-corrected chi connectivity index (χ2v) is 12.1. The van der Waals surface area contributed by atoms with Crippen molar-refractivity contribution in [2.45, 2.75) is 40.5 Å². The highest BCUT2D eigenvalue weighted by atomic mass is 32.2. The quantitative estimate of drug-likeness (QED) is 0.609. The average Bonchev–Trinajstić information content (AvgIpc) is 3.26. The largest absolute Gasteiger partial charge is 0.339 e. The van der Waals surface area contributed by atoms with Crippen molar-refractivity contribution in [1.82, 2.24) is 9.62 Å². The Morgan fingerprint density at radius 3 is 2.13 bits per heavy atom. The maximum absolute atomic E-state index is 13.0. The number of hydrogen-bond acceptors (Lipinski definition) is 6. The number of carbonyl (C=O) groups is 1. The number of nitrogens with one attached hydrogen (secondary N) is 1. The van der Waals surface area contributed by atoms with Gasteiger partial charge in [-0.3, -0.25) is 4.79 Å². The summed E-state index contributed by atoms with van der Waals surface area (Å²) in [6.07, 6.45) is 4.88. The van der Waals surface area contributed by atoms with Gasteiger partial charge >= 0.3 is 0 Å². The molecule has 1 aliphatic rings. The molecule has 0 aliphatic carbocycles. The van der Waals surface area contributed by atoms with Gasteiger partial charge in [-0.15, -0.1) is 11.8 Å². The molecule has 1 heterocycles. The fraction of sp³-hybridized carbons (Fsp3) is 0.381. The van der Waals surface area contributed by atoms with Gasteiger partial charge in [0.25, 0.3) is 5.91 Å². The first-order valence-corrected chi connectivity index (χ1v) is 14.4. The molecule has 0 spiro atoms. The number of amides is 1. The Kier molecular flexibility index (Phi) is 7.14. The number of hydrogen-bond donors (Lipinski definition) is 1. The van der Waals surface area contributed by atoms with Crippen LogP contribution in [0.5, 0.6) is 0 Å². The van der Waals surface area contributed by atoms with E-state index in [4.69, 9.17) is 0 Å². The molecule has 0 unspecified atom stereocenters. The Labute approximate surface area is 188 Å². The van der Waals surface area contributed by atoms with E-state index in [1.165, 1.54) is 36.0 Å². The third-order valence-corrected chi connectivity index (χ3v) is 8.71. The second-order valence-electron chi connectivity index (χ2n) is 7.55. The zero-order valence-corrected chi connectivity index (χ0v) is 20.1. The summed E-state index contributed by atoms with van der Waals surface area (Å²) in [6, 6.07) is 10.1. The van der Waals surface area contributed by atoms with Crippen LogP contribution in [0.2, 0.25) is 0 Å². The van der Waals surface area contributed by atoms with Crippen LogP contribution in [0.25, 0.3) is 0 Å². The molecule has 3 rings (SSSR count). The fourth-order valence-electron chi connectivity index (χ4n) is 3.48. The lowest BCUT2D eigenvalue weighted by atomic mass is 10.1. The zero-order valence-electron chi connectivity index (χ0n) is 17.7. The molecule has 1 N–H and O–H groups in total. The van der Waals surface area contributed by atoms with E-state index in [2.05, 4.69) is 4.72 Å². The Balaban J connectivity index is 1.85. The van der Waals surface area contributed by atoms with Crippen molar-refractivity contribution in [3.05, 3.63) is 53.6 Å². The van der Waals surface area contributed by atoms with Crippen LogP contribution in [-0.2, 0) is 19.9 Å². The van der Waals surface area contributed by atoms with E-state index in [0.29, 0.717) is 24.2 Å². The van der Waals surface area contributed by atoms with Crippen molar-refractivity contribution >= 4 is 37.5 Å². The Bertz CT molecular complexity index is 1170. The molecule has 1 saturated heterocycles. The van der Waals surface area contributed by atoms with Gasteiger partial charge in [0.05, 0.1) is 15.4 Å². The normalized spacial score (nSPS) is 15.8. The summed E-state index contributed by atoms with van der Waals surface area (Å²) in [6.45, 7) is 3.05. The lowest BCUT2D eigenvalue weighted by Crippen LogP contribution is -2.29. The van der Waals surface area contributed by atoms with Gasteiger partial charge < -0.3 is 4.90 Å². The molecule has 0 saturated carbocycles. The Morgan fingerprint density at radius 1 is 1.00 bits per heavy atom. The first-order valence-electron chi connectivity index (χ1n) is 9.82. The van der Waals surface area contributed by atoms with Crippen molar-refractivity contribution in [2.24, 2.45) is 0 Å². The van der Waals surface area contributed by atoms with E-state index in [1.807, 2.05) is 6.26 Å². The summed E-state index contributed by atoms with van der Waals surface area (Å²) in [5, 5.41) is 0. The van der Waals surface area contributed by atoms with Gasteiger partial charge in [-0.25, -0.2) is 21.6 Å². The average molecular weight is 483 g/mol. The molecular weight excluding hydrogens is 456 g/mol. The van der Waals surface area contributed by atoms with Gasteiger partial charge in [-0.2, -0.15) is 0 Å². The highest BCUT2D eigenvalue weighted by Crippen LogP contribution is 2.27. The van der Waals surface area contributed by atoms with E-state index >= 15 is 0 Å². The number of rotatable bonds is 7. The van der Waals surface area contributed by atoms with Crippen LogP contribution >= 0.6 is 11.8 Å². The maximum atomic E-state index is 13.0. The number of sulfone groups is 1. The highest BCUT2D eigenvalue weighted by molar-refractivity contribution is 7.98. The predicted molar refractivity (Wildman–Crippen MR) is 122 cm³/mol. The zero-order chi connectivity index (χ0) is 22.8. The third-order valence-electron chi connectivity index (χ3n) is 5.25. The minimum absolute atomic E-state index is 0.0208. The molecular formula is C21H26N2O5S3. The molecule has 1 amide bonds. The molecule has 168 valence electrons. The monoisotopic (exact) mass is 482 g/mol. The number of benzene rings is 2. The molecule has 0 bridgehead atoms. The molecule has 0 aromatic heterocycles. The number of likely N-dealkylation sites (tertiary alicyclic amines) is 1. The van der Waals surface area contributed by atoms with Crippen LogP contribution in [-0.4, -0.2) is 53.2 Å². The first kappa shape index (κ1) is 23.8. The third kappa shape index (κ3) is 5.49. The minimum Gasteiger partial charge on any atom is -0.339 e. The van der Waals surface area contributed by atoms with Crippen molar-refractivity contribution in [2.75, 3.05) is 25.6 Å². The smallest absolute Gasteiger partial charge is 0.255 e. The number of carbonyl (C=O) groups excluding carboxylic acids is 1. The molecule has 7 nitrogen and oxygen atoms in total. The van der Waals surface area contributed by atoms with Crippen molar-refractivity contribution in [1.29, 1.82) is 0 Å². The molecule has 10 heteroatoms. The second kappa shape index (κ2) is 9.32. The van der Waals surface area contributed by atoms with E-state index in [9.17, 15) is 21.6 Å². The van der Waals surface area contributed by atoms with Crippen LogP contribution in [0.4, 0.5) is 0 Å². The van der Waals surface area contributed by atoms with Gasteiger partial charge in [-0.05, 0) is 61.9 Å². The summed E-state index contributed by atoms with van der Waals surface area (Å²) >= 11 is 1.40. The fourth-order valence-corrected chi connectivity index (χ4v) is 5.94. The van der Waals surface area contributed by atoms with Gasteiger partial charge in [0.2, 0.25) is 10.0 Å². The number of nitrogens with zero attached hydrogens (tertiary/aromatic N) is 1. The molecule has 1 aliphatic heterocycles. The SMILES string of the molecule is CSc1ccc(S(=O)(=O)N[C@H](C)c2ccc(S(C)(=O)=O)cc2)cc1C(=O)N1CCCC1. The van der Waals surface area contributed by atoms with Crippen LogP contribution < -0.4 is 4.72 Å². The van der Waals surface area contributed by atoms with Crippen LogP contribution in [0.15, 0.2) is 57.2 Å². The number of thioether (sulfide) groups is 1. The molecule has 31 heavy (non-hydrogen) atoms. The summed E-state index contributed by atoms with van der Waals surface area (Å²) < 4.78 is 51.8. The topological polar surface area (TPSA) is 101 Å². The molecule has 2 aromatic rings. The maximum Gasteiger partial charge on any atom is 0.255 e. The Morgan fingerprint density at radius 2 is 1.58 bits per heavy atom. The molecule has 0 radical (unpaired) electrons. The van der Waals surface area contributed by atoms with Crippen LogP contribution in [0, 0.1) is 0 Å². The van der Waals surface area contributed by atoms with E-state index in [0.717, 1.165) is 24.0 Å². The van der Waals surface area contributed by atoms with Crippen LogP contribution in [0.3, 0.4) is 0 Å². The van der Waals surface area contributed by atoms with Crippen LogP contribution in [0.1, 0.15) is 41.7 Å². The highest BCUT2D eigenvalue weighted by Gasteiger charge is 2.25. The summed E-state index contributed by atoms with van der Waals surface area (Å²) in [5.74, 6) is -0.150. The van der Waals surface area contributed by atoms with E-state index in [1.54, 1.807) is 30.0 Å². The molecule has 1 fully saturated rings. The summed E-state index contributed by atoms with van der Waals surface area (Å²) in [7, 11) is -7.23. The number of sulfonamides is 1. The Hall–Kier alpha value is -1.88. The van der Waals surface area contributed by atoms with Gasteiger partial charge in [0, 0.05) is 30.3 Å². The molecule has 2 aromatic carbocycles. The van der Waals surface area contributed by atoms with E-state index in [-0.39, 0.29) is 15.7 Å². The first-order chi connectivity index (χ1) is 14.5. The van der Waals surface area contributed by atoms with Crippen molar-refractivity contribution in [3.8, 4) is 0 Å². The summed E-state index contributed by atoms with van der Waals surface area (Å²) in [5.41, 5.74) is 1.02. The lowest BCUT2D eigenvalue weighted by molar-refractivity contribution is 0.0789. The van der Waals surface area contributed by atoms with Crippen molar-refractivity contribution < 1.29 is 21.6 Å². The van der Waals surface area contributed by atoms with Crippen molar-refractivity contribution in [3.63, 3.8) is 0 Å². The standard InChI is InChI=1S/C21H26N2O5S3/c1-15(16-6-8-17(9-7-16)30(3,25)26)22-31(27,28)18-10-11-20(29-2)19(14-18)21(24)23-12-4-5-13-23/h6-11,14-15,22H,4-5,12-13H2,1-3H3/t15-/m1/s1. The summed E-state index contributed by atoms with van der Waals surface area (Å²) in [4.78, 5) is 15.6. The van der Waals surface area contributed by atoms with Gasteiger partial charge in [-0.1, -0.05) is 12.1 Å². The molecule has 1 atom stereocenters. The minimum atomic E-state index is -3.90.